The van der Waals surface area contributed by atoms with Crippen LogP contribution in [-0.2, 0) is 4.74 Å². The Balaban J connectivity index is 1.71. The van der Waals surface area contributed by atoms with Crippen LogP contribution in [0, 0.1) is 11.3 Å². The predicted molar refractivity (Wildman–Crippen MR) is 82.5 cm³/mol. The molecule has 2 fully saturated rings. The summed E-state index contributed by atoms with van der Waals surface area (Å²) in [5.74, 6) is 0.252. The number of amides is 3. The molecule has 1 aromatic rings. The van der Waals surface area contributed by atoms with E-state index in [0.717, 1.165) is 13.0 Å². The summed E-state index contributed by atoms with van der Waals surface area (Å²) in [7, 11) is 0. The van der Waals surface area contributed by atoms with Gasteiger partial charge in [-0.15, -0.1) is 0 Å². The zero-order chi connectivity index (χ0) is 15.9. The van der Waals surface area contributed by atoms with Crippen LogP contribution in [0.25, 0.3) is 0 Å². The van der Waals surface area contributed by atoms with Crippen molar-refractivity contribution in [1.29, 1.82) is 0 Å². The van der Waals surface area contributed by atoms with E-state index in [9.17, 15) is 9.59 Å². The predicted octanol–water partition coefficient (Wildman–Crippen LogP) is 1.72. The number of primary amides is 1. The number of carbonyl (C=O) groups is 2. The molecule has 3 unspecified atom stereocenters. The number of benzene rings is 1. The number of hydrogen-bond acceptors (Lipinski definition) is 3. The molecule has 0 aromatic heterocycles. The molecule has 1 saturated heterocycles. The Kier molecular flexibility index (Phi) is 3.56. The number of nitrogens with one attached hydrogen (secondary N) is 2. The number of carbonyl (C=O) groups excluding carboxylic acids is 2. The zero-order valence-electron chi connectivity index (χ0n) is 12.8. The van der Waals surface area contributed by atoms with E-state index in [1.54, 1.807) is 24.3 Å². The van der Waals surface area contributed by atoms with Crippen LogP contribution in [0.4, 0.5) is 10.5 Å². The molecule has 4 N–H and O–H groups in total. The van der Waals surface area contributed by atoms with Crippen molar-refractivity contribution in [3.8, 4) is 0 Å². The second-order valence-corrected chi connectivity index (χ2v) is 6.59. The van der Waals surface area contributed by atoms with Gasteiger partial charge in [-0.05, 0) is 24.6 Å². The van der Waals surface area contributed by atoms with Crippen molar-refractivity contribution in [2.45, 2.75) is 32.4 Å². The molecule has 3 rings (SSSR count). The van der Waals surface area contributed by atoms with Crippen LogP contribution in [-0.4, -0.2) is 30.7 Å². The molecule has 1 heterocycles. The topological polar surface area (TPSA) is 93.5 Å². The summed E-state index contributed by atoms with van der Waals surface area (Å²) in [5.41, 5.74) is 6.05. The highest BCUT2D eigenvalue weighted by Crippen LogP contribution is 2.52. The molecule has 6 nitrogen and oxygen atoms in total. The van der Waals surface area contributed by atoms with Gasteiger partial charge in [0.15, 0.2) is 0 Å². The minimum atomic E-state index is -0.649. The van der Waals surface area contributed by atoms with E-state index >= 15 is 0 Å². The van der Waals surface area contributed by atoms with E-state index in [2.05, 4.69) is 24.5 Å². The van der Waals surface area contributed by atoms with Crippen molar-refractivity contribution in [2.24, 2.45) is 17.1 Å². The van der Waals surface area contributed by atoms with E-state index in [1.807, 2.05) is 0 Å². The fourth-order valence-electron chi connectivity index (χ4n) is 3.72. The minimum absolute atomic E-state index is 0.0556. The van der Waals surface area contributed by atoms with Crippen LogP contribution in [0.1, 0.15) is 30.6 Å². The molecule has 118 valence electrons. The van der Waals surface area contributed by atoms with Gasteiger partial charge in [0.2, 0.25) is 0 Å². The van der Waals surface area contributed by atoms with Crippen LogP contribution >= 0.6 is 0 Å². The van der Waals surface area contributed by atoms with Crippen molar-refractivity contribution in [3.63, 3.8) is 0 Å². The molecule has 1 aliphatic heterocycles. The summed E-state index contributed by atoms with van der Waals surface area (Å²) in [6.07, 6.45) is 1.23. The molecule has 0 bridgehead atoms. The van der Waals surface area contributed by atoms with Crippen LogP contribution in [0.5, 0.6) is 0 Å². The van der Waals surface area contributed by atoms with Gasteiger partial charge in [-0.25, -0.2) is 4.79 Å². The zero-order valence-corrected chi connectivity index (χ0v) is 12.8. The van der Waals surface area contributed by atoms with Crippen LogP contribution in [0.3, 0.4) is 0 Å². The number of hydrogen-bond donors (Lipinski definition) is 3. The first kappa shape index (κ1) is 14.8. The lowest BCUT2D eigenvalue weighted by molar-refractivity contribution is -0.108. The average molecular weight is 303 g/mol. The van der Waals surface area contributed by atoms with Gasteiger partial charge in [0.25, 0.3) is 5.91 Å². The maximum atomic E-state index is 12.5. The third-order valence-corrected chi connectivity index (χ3v) is 4.78. The standard InChI is InChI=1S/C16H21N3O3/c1-16(2)12(11-6-7-22-13(11)16)19-14(20)9-4-3-5-10(8-9)18-15(17)21/h3-5,8,11-13H,6-7H2,1-2H3,(H,19,20)(H3,17,18,21). The molecule has 3 amide bonds. The molecule has 6 heteroatoms. The quantitative estimate of drug-likeness (QED) is 0.793. The summed E-state index contributed by atoms with van der Waals surface area (Å²) in [6, 6.07) is 6.21. The Labute approximate surface area is 129 Å². The number of anilines is 1. The minimum Gasteiger partial charge on any atom is -0.377 e. The fourth-order valence-corrected chi connectivity index (χ4v) is 3.72. The second-order valence-electron chi connectivity index (χ2n) is 6.59. The number of urea groups is 1. The van der Waals surface area contributed by atoms with Crippen molar-refractivity contribution in [1.82, 2.24) is 5.32 Å². The number of rotatable bonds is 3. The summed E-state index contributed by atoms with van der Waals surface area (Å²) in [4.78, 5) is 23.4. The van der Waals surface area contributed by atoms with Crippen LogP contribution < -0.4 is 16.4 Å². The van der Waals surface area contributed by atoms with Gasteiger partial charge in [-0.1, -0.05) is 19.9 Å². The Morgan fingerprint density at radius 1 is 1.36 bits per heavy atom. The Hall–Kier alpha value is -2.08. The third kappa shape index (κ3) is 2.43. The summed E-state index contributed by atoms with van der Waals surface area (Å²) in [6.45, 7) is 5.01. The summed E-state index contributed by atoms with van der Waals surface area (Å²) < 4.78 is 5.73. The van der Waals surface area contributed by atoms with Gasteiger partial charge in [0, 0.05) is 35.2 Å². The molecule has 1 saturated carbocycles. The number of fused-ring (bicyclic) bond motifs is 1. The number of nitrogens with two attached hydrogens (primary N) is 1. The normalized spacial score (nSPS) is 28.4. The van der Waals surface area contributed by atoms with E-state index < -0.39 is 6.03 Å². The highest BCUT2D eigenvalue weighted by molar-refractivity contribution is 5.97. The van der Waals surface area contributed by atoms with Crippen molar-refractivity contribution >= 4 is 17.6 Å². The summed E-state index contributed by atoms with van der Waals surface area (Å²) >= 11 is 0. The molecule has 0 radical (unpaired) electrons. The van der Waals surface area contributed by atoms with E-state index in [-0.39, 0.29) is 23.5 Å². The third-order valence-electron chi connectivity index (χ3n) is 4.78. The van der Waals surface area contributed by atoms with Gasteiger partial charge in [-0.3, -0.25) is 4.79 Å². The Morgan fingerprint density at radius 3 is 2.86 bits per heavy atom. The molecule has 3 atom stereocenters. The van der Waals surface area contributed by atoms with Crippen LogP contribution in [0.15, 0.2) is 24.3 Å². The smallest absolute Gasteiger partial charge is 0.316 e. The molecular weight excluding hydrogens is 282 g/mol. The Bertz CT molecular complexity index is 614. The molecule has 22 heavy (non-hydrogen) atoms. The van der Waals surface area contributed by atoms with Crippen molar-refractivity contribution < 1.29 is 14.3 Å². The Morgan fingerprint density at radius 2 is 2.14 bits per heavy atom. The summed E-state index contributed by atoms with van der Waals surface area (Å²) in [5, 5.41) is 5.59. The van der Waals surface area contributed by atoms with Crippen molar-refractivity contribution in [2.75, 3.05) is 11.9 Å². The van der Waals surface area contributed by atoms with Gasteiger partial charge >= 0.3 is 6.03 Å². The van der Waals surface area contributed by atoms with E-state index in [1.165, 1.54) is 0 Å². The first-order valence-electron chi connectivity index (χ1n) is 7.48. The second kappa shape index (κ2) is 5.28. The van der Waals surface area contributed by atoms with Gasteiger partial charge < -0.3 is 21.1 Å². The van der Waals surface area contributed by atoms with Crippen molar-refractivity contribution in [3.05, 3.63) is 29.8 Å². The van der Waals surface area contributed by atoms with Gasteiger partial charge in [0.1, 0.15) is 0 Å². The average Bonchev–Trinajstić information content (AvgIpc) is 2.91. The van der Waals surface area contributed by atoms with Gasteiger partial charge in [-0.2, -0.15) is 0 Å². The maximum absolute atomic E-state index is 12.5. The molecule has 1 aromatic carbocycles. The van der Waals surface area contributed by atoms with Gasteiger partial charge in [0.05, 0.1) is 6.10 Å². The van der Waals surface area contributed by atoms with Crippen LogP contribution in [0.2, 0.25) is 0 Å². The van der Waals surface area contributed by atoms with E-state index in [4.69, 9.17) is 10.5 Å². The number of ether oxygens (including phenoxy) is 1. The fraction of sp³-hybridized carbons (Fsp3) is 0.500. The lowest BCUT2D eigenvalue weighted by atomic mass is 9.57. The SMILES string of the molecule is CC1(C)C(NC(=O)c2cccc(NC(N)=O)c2)C2CCOC21. The first-order chi connectivity index (χ1) is 10.4. The molecule has 2 aliphatic rings. The highest BCUT2D eigenvalue weighted by atomic mass is 16.5. The lowest BCUT2D eigenvalue weighted by Crippen LogP contribution is -2.66. The van der Waals surface area contributed by atoms with E-state index in [0.29, 0.717) is 17.2 Å². The molecular formula is C16H21N3O3. The monoisotopic (exact) mass is 303 g/mol. The largest absolute Gasteiger partial charge is 0.377 e. The molecule has 1 aliphatic carbocycles. The first-order valence-corrected chi connectivity index (χ1v) is 7.48. The lowest BCUT2D eigenvalue weighted by Gasteiger charge is -2.54. The highest BCUT2D eigenvalue weighted by Gasteiger charge is 2.59. The maximum Gasteiger partial charge on any atom is 0.316 e. The molecule has 0 spiro atoms.